The number of alkyl halides is 6. The minimum absolute atomic E-state index is 0.130. The summed E-state index contributed by atoms with van der Waals surface area (Å²) in [5, 5.41) is 22.7. The molecule has 0 bridgehead atoms. The third-order valence-corrected chi connectivity index (χ3v) is 9.43. The van der Waals surface area contributed by atoms with Crippen LogP contribution in [0.3, 0.4) is 0 Å². The van der Waals surface area contributed by atoms with Gasteiger partial charge in [-0.15, -0.1) is 0 Å². The molecule has 6 aromatic rings. The van der Waals surface area contributed by atoms with Gasteiger partial charge in [0.2, 0.25) is 0 Å². The van der Waals surface area contributed by atoms with Crippen molar-refractivity contribution in [2.24, 2.45) is 0 Å². The Balaban J connectivity index is 0.000000219. The molecule has 0 aliphatic rings. The van der Waals surface area contributed by atoms with Crippen molar-refractivity contribution >= 4 is 6.29 Å². The topological polar surface area (TPSA) is 72.8 Å². The number of benzene rings is 6. The smallest absolute Gasteiger partial charge is 0.387 e. The second-order valence-corrected chi connectivity index (χ2v) is 14.0. The van der Waals surface area contributed by atoms with E-state index in [4.69, 9.17) is 0 Å². The molecule has 0 fully saturated rings. The van der Waals surface area contributed by atoms with Crippen molar-refractivity contribution in [1.29, 1.82) is 0 Å². The van der Waals surface area contributed by atoms with E-state index >= 15 is 0 Å². The lowest BCUT2D eigenvalue weighted by atomic mass is 9.94. The number of nitrogens with one attached hydrogen (secondary N) is 1. The average Bonchev–Trinajstić information content (AvgIpc) is 3.21. The van der Waals surface area contributed by atoms with Gasteiger partial charge in [-0.25, -0.2) is 0 Å². The molecule has 2 unspecified atom stereocenters. The minimum Gasteiger partial charge on any atom is -0.387 e. The Kier molecular flexibility index (Phi) is 16.7. The van der Waals surface area contributed by atoms with Gasteiger partial charge < -0.3 is 15.5 Å². The third kappa shape index (κ3) is 13.5. The molecule has 6 aromatic carbocycles. The largest absolute Gasteiger partial charge is 0.417 e. The molecule has 310 valence electrons. The molecular formula is C48H48F6N2O3. The van der Waals surface area contributed by atoms with E-state index in [0.717, 1.165) is 34.4 Å². The standard InChI is InChI=1S/C24H24F3NO.C15H11F3O.C9H13NO/c1-17-14-18(15-28(2)16-23(29)19-8-4-3-5-9-19)12-13-20(17)21-10-6-7-11-22(21)24(25,26)27;1-10-8-11(9-19)6-7-12(10)13-4-2-3-5-14(13)15(16,17)18;1-10-7-9(11)8-5-3-2-4-6-8/h3-14,23,29H,15-16H2,1-2H3;2-9H,1H3;2-6,9-11H,7H2,1H3. The van der Waals surface area contributed by atoms with Crippen molar-refractivity contribution in [2.75, 3.05) is 27.2 Å². The van der Waals surface area contributed by atoms with Gasteiger partial charge in [-0.3, -0.25) is 9.69 Å². The van der Waals surface area contributed by atoms with E-state index in [1.165, 1.54) is 30.3 Å². The van der Waals surface area contributed by atoms with E-state index in [-0.39, 0.29) is 17.2 Å². The minimum atomic E-state index is -4.40. The van der Waals surface area contributed by atoms with E-state index < -0.39 is 29.6 Å². The Bertz CT molecular complexity index is 2230. The number of aldehydes is 1. The van der Waals surface area contributed by atoms with Crippen LogP contribution in [0.25, 0.3) is 22.3 Å². The van der Waals surface area contributed by atoms with Crippen LogP contribution < -0.4 is 5.32 Å². The molecule has 0 spiro atoms. The van der Waals surface area contributed by atoms with E-state index in [1.807, 2.05) is 98.7 Å². The van der Waals surface area contributed by atoms with Crippen LogP contribution in [0.2, 0.25) is 0 Å². The molecule has 0 amide bonds. The van der Waals surface area contributed by atoms with Crippen molar-refractivity contribution in [1.82, 2.24) is 10.2 Å². The predicted molar refractivity (Wildman–Crippen MR) is 222 cm³/mol. The highest BCUT2D eigenvalue weighted by Crippen LogP contribution is 2.39. The SMILES string of the molecule is CNCC(O)c1ccccc1.Cc1cc(C=O)ccc1-c1ccccc1C(F)(F)F.Cc1cc(CN(C)CC(O)c2ccccc2)ccc1-c1ccccc1C(F)(F)F. The Morgan fingerprint density at radius 2 is 1.03 bits per heavy atom. The lowest BCUT2D eigenvalue weighted by molar-refractivity contribution is -0.137. The van der Waals surface area contributed by atoms with Gasteiger partial charge in [0.25, 0.3) is 0 Å². The van der Waals surface area contributed by atoms with Crippen LogP contribution in [0.4, 0.5) is 26.3 Å². The van der Waals surface area contributed by atoms with E-state index in [2.05, 4.69) is 5.32 Å². The Labute approximate surface area is 341 Å². The molecule has 3 N–H and O–H groups in total. The molecular weight excluding hydrogens is 767 g/mol. The first kappa shape index (κ1) is 46.1. The maximum absolute atomic E-state index is 13.3. The number of aryl methyl sites for hydroxylation is 2. The second kappa shape index (κ2) is 21.4. The summed E-state index contributed by atoms with van der Waals surface area (Å²) in [6.07, 6.45) is -9.10. The van der Waals surface area contributed by atoms with Gasteiger partial charge in [0, 0.05) is 25.2 Å². The maximum atomic E-state index is 13.3. The summed E-state index contributed by atoms with van der Waals surface area (Å²) in [6, 6.07) is 40.3. The fraction of sp³-hybridized carbons (Fsp3) is 0.229. The molecule has 0 aliphatic carbocycles. The molecule has 0 saturated heterocycles. The highest BCUT2D eigenvalue weighted by atomic mass is 19.4. The molecule has 0 aromatic heterocycles. The Morgan fingerprint density at radius 1 is 0.593 bits per heavy atom. The fourth-order valence-corrected chi connectivity index (χ4v) is 6.56. The number of carbonyl (C=O) groups excluding carboxylic acids is 1. The molecule has 6 rings (SSSR count). The molecule has 0 radical (unpaired) electrons. The van der Waals surface area contributed by atoms with Crippen molar-refractivity contribution in [3.63, 3.8) is 0 Å². The van der Waals surface area contributed by atoms with Gasteiger partial charge in [0.1, 0.15) is 6.29 Å². The summed E-state index contributed by atoms with van der Waals surface area (Å²) >= 11 is 0. The molecule has 5 nitrogen and oxygen atoms in total. The summed E-state index contributed by atoms with van der Waals surface area (Å²) < 4.78 is 78.9. The quantitative estimate of drug-likeness (QED) is 0.0897. The van der Waals surface area contributed by atoms with Crippen LogP contribution in [-0.4, -0.2) is 48.6 Å². The fourth-order valence-electron chi connectivity index (χ4n) is 6.56. The lowest BCUT2D eigenvalue weighted by Crippen LogP contribution is -2.24. The summed E-state index contributed by atoms with van der Waals surface area (Å²) in [6.45, 7) is 5.16. The van der Waals surface area contributed by atoms with E-state index in [0.29, 0.717) is 48.2 Å². The van der Waals surface area contributed by atoms with Gasteiger partial charge >= 0.3 is 12.4 Å². The molecule has 2 atom stereocenters. The highest BCUT2D eigenvalue weighted by Gasteiger charge is 2.34. The first-order valence-corrected chi connectivity index (χ1v) is 18.8. The van der Waals surface area contributed by atoms with Gasteiger partial charge in [0.05, 0.1) is 23.3 Å². The normalized spacial score (nSPS) is 12.4. The summed E-state index contributed by atoms with van der Waals surface area (Å²) in [7, 11) is 3.74. The summed E-state index contributed by atoms with van der Waals surface area (Å²) in [5.74, 6) is 0. The van der Waals surface area contributed by atoms with Crippen LogP contribution in [-0.2, 0) is 18.9 Å². The number of halogens is 6. The summed E-state index contributed by atoms with van der Waals surface area (Å²) in [5.41, 5.74) is 4.77. The Hall–Kier alpha value is -5.59. The van der Waals surface area contributed by atoms with Crippen molar-refractivity contribution < 1.29 is 41.4 Å². The number of hydrogen-bond donors (Lipinski definition) is 3. The zero-order chi connectivity index (χ0) is 43.2. The second-order valence-electron chi connectivity index (χ2n) is 14.0. The zero-order valence-electron chi connectivity index (χ0n) is 33.2. The number of aliphatic hydroxyl groups excluding tert-OH is 2. The summed E-state index contributed by atoms with van der Waals surface area (Å²) in [4.78, 5) is 12.6. The lowest BCUT2D eigenvalue weighted by Gasteiger charge is -2.21. The number of carbonyl (C=O) groups is 1. The zero-order valence-corrected chi connectivity index (χ0v) is 33.2. The molecule has 0 heterocycles. The Morgan fingerprint density at radius 3 is 1.47 bits per heavy atom. The first-order valence-electron chi connectivity index (χ1n) is 18.8. The van der Waals surface area contributed by atoms with Crippen molar-refractivity contribution in [2.45, 2.75) is 45.0 Å². The molecule has 0 aliphatic heterocycles. The van der Waals surface area contributed by atoms with Gasteiger partial charge in [-0.1, -0.05) is 127 Å². The van der Waals surface area contributed by atoms with Gasteiger partial charge in [-0.2, -0.15) is 26.3 Å². The monoisotopic (exact) mass is 814 g/mol. The van der Waals surface area contributed by atoms with E-state index in [1.54, 1.807) is 37.3 Å². The highest BCUT2D eigenvalue weighted by molar-refractivity contribution is 5.79. The third-order valence-electron chi connectivity index (χ3n) is 9.43. The predicted octanol–water partition coefficient (Wildman–Crippen LogP) is 11.3. The molecule has 11 heteroatoms. The molecule has 59 heavy (non-hydrogen) atoms. The average molecular weight is 815 g/mol. The van der Waals surface area contributed by atoms with Gasteiger partial charge in [0.15, 0.2) is 0 Å². The van der Waals surface area contributed by atoms with Crippen LogP contribution in [0, 0.1) is 13.8 Å². The van der Waals surface area contributed by atoms with E-state index in [9.17, 15) is 41.4 Å². The number of nitrogens with zero attached hydrogens (tertiary/aromatic N) is 1. The van der Waals surface area contributed by atoms with Crippen molar-refractivity contribution in [3.05, 3.63) is 190 Å². The first-order chi connectivity index (χ1) is 28.0. The number of rotatable bonds is 11. The number of hydrogen-bond acceptors (Lipinski definition) is 5. The van der Waals surface area contributed by atoms with Crippen LogP contribution in [0.15, 0.2) is 146 Å². The number of likely N-dealkylation sites (N-methyl/N-ethyl adjacent to an activating group) is 2. The van der Waals surface area contributed by atoms with Crippen LogP contribution >= 0.6 is 0 Å². The maximum Gasteiger partial charge on any atom is 0.417 e. The van der Waals surface area contributed by atoms with Gasteiger partial charge in [-0.05, 0) is 96.2 Å². The molecule has 0 saturated carbocycles. The number of aliphatic hydroxyl groups is 2. The van der Waals surface area contributed by atoms with Crippen LogP contribution in [0.5, 0.6) is 0 Å². The van der Waals surface area contributed by atoms with Crippen molar-refractivity contribution in [3.8, 4) is 22.3 Å². The van der Waals surface area contributed by atoms with Crippen LogP contribution in [0.1, 0.15) is 61.5 Å².